The SMILES string of the molecule is CCNC(=NCC1CCN(C)C1)N1CCC(=Cc2ccccc2)CC1. The normalized spacial score (nSPS) is 22.3. The van der Waals surface area contributed by atoms with Gasteiger partial charge in [0.25, 0.3) is 0 Å². The molecule has 0 bridgehead atoms. The molecule has 2 heterocycles. The van der Waals surface area contributed by atoms with E-state index < -0.39 is 0 Å². The molecule has 2 aliphatic heterocycles. The van der Waals surface area contributed by atoms with Gasteiger partial charge < -0.3 is 15.1 Å². The minimum absolute atomic E-state index is 0.719. The average molecular weight is 341 g/mol. The van der Waals surface area contributed by atoms with Crippen LogP contribution >= 0.6 is 0 Å². The topological polar surface area (TPSA) is 30.9 Å². The average Bonchev–Trinajstić information content (AvgIpc) is 3.06. The highest BCUT2D eigenvalue weighted by molar-refractivity contribution is 5.80. The minimum Gasteiger partial charge on any atom is -0.357 e. The van der Waals surface area contributed by atoms with Gasteiger partial charge >= 0.3 is 0 Å². The number of benzene rings is 1. The summed E-state index contributed by atoms with van der Waals surface area (Å²) in [4.78, 5) is 9.79. The van der Waals surface area contributed by atoms with E-state index in [2.05, 4.69) is 65.5 Å². The lowest BCUT2D eigenvalue weighted by molar-refractivity contribution is 0.371. The van der Waals surface area contributed by atoms with Gasteiger partial charge in [0.15, 0.2) is 5.96 Å². The molecule has 4 heteroatoms. The highest BCUT2D eigenvalue weighted by Crippen LogP contribution is 2.20. The molecule has 25 heavy (non-hydrogen) atoms. The fraction of sp³-hybridized carbons (Fsp3) is 0.571. The van der Waals surface area contributed by atoms with Crippen LogP contribution in [0.4, 0.5) is 0 Å². The maximum atomic E-state index is 4.95. The van der Waals surface area contributed by atoms with E-state index in [1.807, 2.05) is 0 Å². The van der Waals surface area contributed by atoms with Crippen molar-refractivity contribution in [1.82, 2.24) is 15.1 Å². The third kappa shape index (κ3) is 5.33. The van der Waals surface area contributed by atoms with E-state index in [-0.39, 0.29) is 0 Å². The van der Waals surface area contributed by atoms with Crippen molar-refractivity contribution < 1.29 is 0 Å². The second-order valence-electron chi connectivity index (χ2n) is 7.31. The molecule has 1 unspecified atom stereocenters. The molecule has 4 nitrogen and oxygen atoms in total. The van der Waals surface area contributed by atoms with Crippen LogP contribution in [0.1, 0.15) is 31.7 Å². The number of likely N-dealkylation sites (tertiary alicyclic amines) is 2. The van der Waals surface area contributed by atoms with Gasteiger partial charge in [-0.15, -0.1) is 0 Å². The van der Waals surface area contributed by atoms with Crippen molar-refractivity contribution in [2.45, 2.75) is 26.2 Å². The van der Waals surface area contributed by atoms with Crippen LogP contribution in [0, 0.1) is 5.92 Å². The van der Waals surface area contributed by atoms with Crippen molar-refractivity contribution in [3.63, 3.8) is 0 Å². The van der Waals surface area contributed by atoms with Crippen molar-refractivity contribution in [2.24, 2.45) is 10.9 Å². The summed E-state index contributed by atoms with van der Waals surface area (Å²) < 4.78 is 0. The molecule has 2 aliphatic rings. The highest BCUT2D eigenvalue weighted by atomic mass is 15.3. The van der Waals surface area contributed by atoms with Gasteiger partial charge in [-0.25, -0.2) is 0 Å². The predicted octanol–water partition coefficient (Wildman–Crippen LogP) is 3.08. The number of hydrogen-bond donors (Lipinski definition) is 1. The molecule has 3 rings (SSSR count). The monoisotopic (exact) mass is 340 g/mol. The van der Waals surface area contributed by atoms with Crippen LogP contribution in [0.15, 0.2) is 40.9 Å². The largest absolute Gasteiger partial charge is 0.357 e. The van der Waals surface area contributed by atoms with E-state index in [4.69, 9.17) is 4.99 Å². The molecule has 0 aromatic heterocycles. The highest BCUT2D eigenvalue weighted by Gasteiger charge is 2.21. The molecule has 2 saturated heterocycles. The Balaban J connectivity index is 1.56. The molecule has 0 amide bonds. The third-order valence-electron chi connectivity index (χ3n) is 5.20. The van der Waals surface area contributed by atoms with E-state index in [1.165, 1.54) is 25.1 Å². The summed E-state index contributed by atoms with van der Waals surface area (Å²) >= 11 is 0. The van der Waals surface area contributed by atoms with Crippen LogP contribution in [0.5, 0.6) is 0 Å². The van der Waals surface area contributed by atoms with Gasteiger partial charge in [0.1, 0.15) is 0 Å². The minimum atomic E-state index is 0.719. The van der Waals surface area contributed by atoms with Gasteiger partial charge in [0.2, 0.25) is 0 Å². The molecule has 0 spiro atoms. The lowest BCUT2D eigenvalue weighted by Gasteiger charge is -2.31. The Morgan fingerprint density at radius 1 is 1.20 bits per heavy atom. The first kappa shape index (κ1) is 18.0. The second kappa shape index (κ2) is 9.04. The number of piperidine rings is 1. The van der Waals surface area contributed by atoms with Crippen LogP contribution in [-0.2, 0) is 0 Å². The molecular weight excluding hydrogens is 308 g/mol. The number of rotatable bonds is 4. The predicted molar refractivity (Wildman–Crippen MR) is 107 cm³/mol. The van der Waals surface area contributed by atoms with Crippen molar-refractivity contribution in [3.05, 3.63) is 41.5 Å². The Morgan fingerprint density at radius 3 is 2.60 bits per heavy atom. The van der Waals surface area contributed by atoms with Crippen LogP contribution in [0.3, 0.4) is 0 Å². The van der Waals surface area contributed by atoms with E-state index in [1.54, 1.807) is 5.57 Å². The zero-order valence-electron chi connectivity index (χ0n) is 15.7. The van der Waals surface area contributed by atoms with Crippen LogP contribution < -0.4 is 5.32 Å². The van der Waals surface area contributed by atoms with Gasteiger partial charge in [0, 0.05) is 32.7 Å². The van der Waals surface area contributed by atoms with E-state index >= 15 is 0 Å². The van der Waals surface area contributed by atoms with Crippen LogP contribution in [0.2, 0.25) is 0 Å². The zero-order valence-corrected chi connectivity index (χ0v) is 15.7. The molecule has 2 fully saturated rings. The fourth-order valence-electron chi connectivity index (χ4n) is 3.75. The smallest absolute Gasteiger partial charge is 0.193 e. The van der Waals surface area contributed by atoms with Gasteiger partial charge in [0.05, 0.1) is 0 Å². The summed E-state index contributed by atoms with van der Waals surface area (Å²) in [6, 6.07) is 10.7. The first-order valence-corrected chi connectivity index (χ1v) is 9.71. The fourth-order valence-corrected chi connectivity index (χ4v) is 3.75. The van der Waals surface area contributed by atoms with Gasteiger partial charge in [-0.3, -0.25) is 4.99 Å². The summed E-state index contributed by atoms with van der Waals surface area (Å²) in [6.07, 6.45) is 5.90. The summed E-state index contributed by atoms with van der Waals surface area (Å²) in [7, 11) is 2.21. The van der Waals surface area contributed by atoms with Gasteiger partial charge in [-0.05, 0) is 51.3 Å². The molecule has 0 aliphatic carbocycles. The Kier molecular flexibility index (Phi) is 6.51. The number of nitrogens with zero attached hydrogens (tertiary/aromatic N) is 3. The van der Waals surface area contributed by atoms with Crippen molar-refractivity contribution >= 4 is 12.0 Å². The second-order valence-corrected chi connectivity index (χ2v) is 7.31. The lowest BCUT2D eigenvalue weighted by Crippen LogP contribution is -2.44. The molecule has 1 aromatic carbocycles. The van der Waals surface area contributed by atoms with E-state index in [9.17, 15) is 0 Å². The van der Waals surface area contributed by atoms with E-state index in [0.717, 1.165) is 50.9 Å². The number of nitrogens with one attached hydrogen (secondary N) is 1. The summed E-state index contributed by atoms with van der Waals surface area (Å²) in [5, 5.41) is 3.49. The first-order valence-electron chi connectivity index (χ1n) is 9.71. The maximum absolute atomic E-state index is 4.95. The van der Waals surface area contributed by atoms with Gasteiger partial charge in [-0.1, -0.05) is 42.0 Å². The van der Waals surface area contributed by atoms with Crippen molar-refractivity contribution in [2.75, 3.05) is 46.3 Å². The van der Waals surface area contributed by atoms with Crippen LogP contribution in [0.25, 0.3) is 6.08 Å². The van der Waals surface area contributed by atoms with Crippen molar-refractivity contribution in [3.8, 4) is 0 Å². The Morgan fingerprint density at radius 2 is 1.96 bits per heavy atom. The first-order chi connectivity index (χ1) is 12.2. The maximum Gasteiger partial charge on any atom is 0.193 e. The molecular formula is C21H32N4. The molecule has 1 atom stereocenters. The molecule has 136 valence electrons. The number of guanidine groups is 1. The van der Waals surface area contributed by atoms with Gasteiger partial charge in [-0.2, -0.15) is 0 Å². The molecule has 0 saturated carbocycles. The van der Waals surface area contributed by atoms with Crippen LogP contribution in [-0.4, -0.2) is 62.1 Å². The Labute approximate surface area is 152 Å². The lowest BCUT2D eigenvalue weighted by atomic mass is 10.0. The van der Waals surface area contributed by atoms with Crippen molar-refractivity contribution in [1.29, 1.82) is 0 Å². The molecule has 0 radical (unpaired) electrons. The molecule has 1 aromatic rings. The third-order valence-corrected chi connectivity index (χ3v) is 5.20. The van der Waals surface area contributed by atoms with E-state index in [0.29, 0.717) is 0 Å². The number of aliphatic imine (C=N–C) groups is 1. The quantitative estimate of drug-likeness (QED) is 0.675. The summed E-state index contributed by atoms with van der Waals surface area (Å²) in [6.45, 7) is 8.58. The zero-order chi connectivity index (χ0) is 17.5. The summed E-state index contributed by atoms with van der Waals surface area (Å²) in [5.74, 6) is 1.83. The Hall–Kier alpha value is -1.81. The number of hydrogen-bond acceptors (Lipinski definition) is 2. The standard InChI is InChI=1S/C21H32N4/c1-3-22-21(23-16-20-9-12-24(2)17-20)25-13-10-19(11-14-25)15-18-7-5-4-6-8-18/h4-8,15,20H,3,9-14,16-17H2,1-2H3,(H,22,23). The Bertz CT molecular complexity index is 583. The molecule has 1 N–H and O–H groups in total. The summed E-state index contributed by atoms with van der Waals surface area (Å²) in [5.41, 5.74) is 2.87.